The summed E-state index contributed by atoms with van der Waals surface area (Å²) in [6.07, 6.45) is 0. The van der Waals surface area contributed by atoms with Gasteiger partial charge in [-0.1, -0.05) is 6.07 Å². The molecule has 0 saturated heterocycles. The third-order valence-corrected chi connectivity index (χ3v) is 4.66. The predicted octanol–water partition coefficient (Wildman–Crippen LogP) is 0.561. The zero-order valence-electron chi connectivity index (χ0n) is 14.5. The Balaban J connectivity index is 0.00000210. The van der Waals surface area contributed by atoms with Crippen LogP contribution in [0.5, 0.6) is 0 Å². The van der Waals surface area contributed by atoms with Crippen LogP contribution < -0.4 is 28.4 Å². The lowest BCUT2D eigenvalue weighted by Crippen LogP contribution is -3.00. The van der Waals surface area contributed by atoms with Crippen LogP contribution in [0, 0.1) is 10.1 Å². The molecule has 0 unspecified atom stereocenters. The van der Waals surface area contributed by atoms with Crippen molar-refractivity contribution in [2.75, 3.05) is 11.5 Å². The number of fused-ring (bicyclic) bond motifs is 3. The minimum Gasteiger partial charge on any atom is -1.00 e. The van der Waals surface area contributed by atoms with Gasteiger partial charge < -0.3 is 23.9 Å². The highest BCUT2D eigenvalue weighted by molar-refractivity contribution is 6.10. The van der Waals surface area contributed by atoms with Gasteiger partial charge in [0, 0.05) is 40.5 Å². The zero-order chi connectivity index (χ0) is 18.4. The molecule has 3 aromatic carbocycles. The number of anilines is 2. The summed E-state index contributed by atoms with van der Waals surface area (Å²) >= 11 is 0. The highest BCUT2D eigenvalue weighted by atomic mass is 35.5. The highest BCUT2D eigenvalue weighted by Gasteiger charge is 2.21. The van der Waals surface area contributed by atoms with Crippen molar-refractivity contribution in [1.29, 1.82) is 0 Å². The van der Waals surface area contributed by atoms with Crippen LogP contribution in [0.15, 0.2) is 60.7 Å². The Labute approximate surface area is 161 Å². The number of aromatic nitrogens is 1. The first-order chi connectivity index (χ1) is 12.5. The van der Waals surface area contributed by atoms with Crippen LogP contribution in [0.3, 0.4) is 0 Å². The summed E-state index contributed by atoms with van der Waals surface area (Å²) in [5.41, 5.74) is 16.2. The second-order valence-corrected chi connectivity index (χ2v) is 6.29. The molecule has 1 heterocycles. The minimum absolute atomic E-state index is 0. The average Bonchev–Trinajstić information content (AvgIpc) is 2.62. The molecule has 0 spiro atoms. The van der Waals surface area contributed by atoms with Gasteiger partial charge >= 0.3 is 0 Å². The summed E-state index contributed by atoms with van der Waals surface area (Å²) in [7, 11) is 1.96. The molecule has 4 aromatic rings. The van der Waals surface area contributed by atoms with Crippen LogP contribution in [0.4, 0.5) is 17.1 Å². The van der Waals surface area contributed by atoms with Gasteiger partial charge in [-0.3, -0.25) is 10.1 Å². The number of hydrogen-bond acceptors (Lipinski definition) is 4. The molecule has 0 aliphatic rings. The topological polar surface area (TPSA) is 99.1 Å². The number of rotatable bonds is 2. The van der Waals surface area contributed by atoms with Gasteiger partial charge in [0.25, 0.3) is 5.69 Å². The van der Waals surface area contributed by atoms with Crippen molar-refractivity contribution < 1.29 is 21.9 Å². The van der Waals surface area contributed by atoms with Crippen LogP contribution >= 0.6 is 0 Å². The van der Waals surface area contributed by atoms with Crippen LogP contribution in [0.25, 0.3) is 32.9 Å². The number of benzene rings is 3. The van der Waals surface area contributed by atoms with Crippen molar-refractivity contribution >= 4 is 38.7 Å². The maximum atomic E-state index is 11.0. The Hall–Kier alpha value is -3.38. The molecule has 0 saturated carbocycles. The van der Waals surface area contributed by atoms with Crippen molar-refractivity contribution in [2.45, 2.75) is 0 Å². The van der Waals surface area contributed by atoms with E-state index < -0.39 is 4.92 Å². The Bertz CT molecular complexity index is 1190. The Kier molecular flexibility index (Phi) is 4.59. The van der Waals surface area contributed by atoms with Crippen LogP contribution in [-0.4, -0.2) is 4.92 Å². The molecule has 0 aliphatic carbocycles. The van der Waals surface area contributed by atoms with Gasteiger partial charge in [0.15, 0.2) is 0 Å². The molecule has 136 valence electrons. The quantitative estimate of drug-likeness (QED) is 0.174. The van der Waals surface area contributed by atoms with E-state index >= 15 is 0 Å². The van der Waals surface area contributed by atoms with Crippen LogP contribution in [-0.2, 0) is 7.05 Å². The molecule has 27 heavy (non-hydrogen) atoms. The molecule has 4 N–H and O–H groups in total. The van der Waals surface area contributed by atoms with Gasteiger partial charge in [0.05, 0.1) is 15.7 Å². The molecule has 0 amide bonds. The van der Waals surface area contributed by atoms with Crippen molar-refractivity contribution in [1.82, 2.24) is 0 Å². The molecule has 0 atom stereocenters. The first kappa shape index (κ1) is 18.4. The third-order valence-electron chi connectivity index (χ3n) is 4.66. The minimum atomic E-state index is -0.402. The molecule has 0 fully saturated rings. The van der Waals surface area contributed by atoms with Crippen molar-refractivity contribution in [3.05, 3.63) is 70.8 Å². The van der Waals surface area contributed by atoms with Crippen LogP contribution in [0.1, 0.15) is 0 Å². The van der Waals surface area contributed by atoms with Crippen molar-refractivity contribution in [3.63, 3.8) is 0 Å². The fraction of sp³-hybridized carbons (Fsp3) is 0.0500. The summed E-state index contributed by atoms with van der Waals surface area (Å²) < 4.78 is 2.05. The van der Waals surface area contributed by atoms with E-state index in [1.807, 2.05) is 43.4 Å². The van der Waals surface area contributed by atoms with E-state index in [1.54, 1.807) is 12.1 Å². The van der Waals surface area contributed by atoms with E-state index in [1.165, 1.54) is 12.1 Å². The summed E-state index contributed by atoms with van der Waals surface area (Å²) in [5.74, 6) is 0. The molecular formula is C20H17ClN4O2. The predicted molar refractivity (Wildman–Crippen MR) is 104 cm³/mol. The number of aryl methyl sites for hydroxylation is 1. The standard InChI is InChI=1S/C20H16N4O2.ClH/c1-23-19-11-14(22)5-9-17(19)16-8-4-13(21)10-18(16)20(23)12-2-6-15(7-3-12)24(25)26;/h2-11,22H,21H2,1H3;1H. The van der Waals surface area contributed by atoms with Gasteiger partial charge in [-0.05, 0) is 36.4 Å². The maximum absolute atomic E-state index is 11.0. The monoisotopic (exact) mass is 380 g/mol. The van der Waals surface area contributed by atoms with Gasteiger partial charge in [-0.2, -0.15) is 4.57 Å². The number of nitrogen functional groups attached to an aromatic ring is 2. The van der Waals surface area contributed by atoms with E-state index in [0.717, 1.165) is 32.9 Å². The van der Waals surface area contributed by atoms with Crippen molar-refractivity contribution in [3.8, 4) is 11.3 Å². The van der Waals surface area contributed by atoms with Crippen LogP contribution in [0.2, 0.25) is 0 Å². The van der Waals surface area contributed by atoms with Gasteiger partial charge in [0.1, 0.15) is 7.05 Å². The molecule has 0 aliphatic heterocycles. The van der Waals surface area contributed by atoms with E-state index in [-0.39, 0.29) is 18.1 Å². The average molecular weight is 381 g/mol. The first-order valence-electron chi connectivity index (χ1n) is 8.11. The fourth-order valence-corrected chi connectivity index (χ4v) is 3.44. The number of hydrogen-bond donors (Lipinski definition) is 2. The van der Waals surface area contributed by atoms with E-state index in [0.29, 0.717) is 11.4 Å². The molecule has 7 heteroatoms. The number of nitrogens with two attached hydrogens (primary N) is 2. The molecule has 6 nitrogen and oxygen atoms in total. The third kappa shape index (κ3) is 3.00. The molecule has 4 rings (SSSR count). The Morgan fingerprint density at radius 1 is 0.852 bits per heavy atom. The number of non-ortho nitro benzene ring substituents is 1. The van der Waals surface area contributed by atoms with Gasteiger partial charge in [-0.25, -0.2) is 0 Å². The lowest BCUT2D eigenvalue weighted by Gasteiger charge is -2.10. The Morgan fingerprint density at radius 2 is 1.44 bits per heavy atom. The Morgan fingerprint density at radius 3 is 2.07 bits per heavy atom. The smallest absolute Gasteiger partial charge is 0.269 e. The van der Waals surface area contributed by atoms with Gasteiger partial charge in [0.2, 0.25) is 11.2 Å². The highest BCUT2D eigenvalue weighted by Crippen LogP contribution is 2.33. The normalized spacial score (nSPS) is 10.7. The number of nitrogens with zero attached hydrogens (tertiary/aromatic N) is 2. The summed E-state index contributed by atoms with van der Waals surface area (Å²) in [6, 6.07) is 18.2. The largest absolute Gasteiger partial charge is 1.00 e. The summed E-state index contributed by atoms with van der Waals surface area (Å²) in [4.78, 5) is 10.6. The summed E-state index contributed by atoms with van der Waals surface area (Å²) in [5, 5.41) is 14.1. The molecule has 1 aromatic heterocycles. The maximum Gasteiger partial charge on any atom is 0.269 e. The zero-order valence-corrected chi connectivity index (χ0v) is 15.3. The van der Waals surface area contributed by atoms with Crippen molar-refractivity contribution in [2.24, 2.45) is 7.05 Å². The van der Waals surface area contributed by atoms with E-state index in [4.69, 9.17) is 11.5 Å². The summed E-state index contributed by atoms with van der Waals surface area (Å²) in [6.45, 7) is 0. The number of nitro groups is 1. The second-order valence-electron chi connectivity index (χ2n) is 6.29. The molecule has 0 radical (unpaired) electrons. The number of nitro benzene ring substituents is 1. The van der Waals surface area contributed by atoms with E-state index in [2.05, 4.69) is 4.57 Å². The van der Waals surface area contributed by atoms with E-state index in [9.17, 15) is 10.1 Å². The number of halogens is 1. The van der Waals surface area contributed by atoms with Gasteiger partial charge in [-0.15, -0.1) is 0 Å². The first-order valence-corrected chi connectivity index (χ1v) is 8.11. The molecular weight excluding hydrogens is 364 g/mol. The second kappa shape index (κ2) is 6.74. The SMILES string of the molecule is C[n+]1c(-c2ccc([N+](=O)[O-])cc2)c2cc(N)ccc2c2ccc(N)cc21.[Cl-]. The lowest BCUT2D eigenvalue weighted by molar-refractivity contribution is -0.632. The fourth-order valence-electron chi connectivity index (χ4n) is 3.44. The lowest BCUT2D eigenvalue weighted by atomic mass is 9.98. The number of pyridine rings is 1. The molecule has 0 bridgehead atoms.